The van der Waals surface area contributed by atoms with E-state index in [1.165, 1.54) is 14.0 Å². The molecule has 0 aliphatic heterocycles. The SMILES string of the molecule is CC(=O)C(C)(C)SN(C)C(=O)F. The van der Waals surface area contributed by atoms with E-state index >= 15 is 0 Å². The Morgan fingerprint density at radius 2 is 1.83 bits per heavy atom. The first-order chi connectivity index (χ1) is 5.27. The van der Waals surface area contributed by atoms with Crippen LogP contribution in [0.25, 0.3) is 0 Å². The summed E-state index contributed by atoms with van der Waals surface area (Å²) in [6.45, 7) is 4.68. The third-order valence-corrected chi connectivity index (χ3v) is 2.62. The Bertz CT molecular complexity index is 206. The van der Waals surface area contributed by atoms with Crippen molar-refractivity contribution in [1.82, 2.24) is 4.31 Å². The zero-order valence-corrected chi connectivity index (χ0v) is 8.37. The molecule has 0 heterocycles. The zero-order chi connectivity index (χ0) is 9.94. The summed E-state index contributed by atoms with van der Waals surface area (Å²) in [4.78, 5) is 21.1. The van der Waals surface area contributed by atoms with Gasteiger partial charge in [0.2, 0.25) is 0 Å². The highest BCUT2D eigenvalue weighted by molar-refractivity contribution is 7.99. The second-order valence-corrected chi connectivity index (χ2v) is 4.66. The van der Waals surface area contributed by atoms with Crippen LogP contribution in [0.5, 0.6) is 0 Å². The van der Waals surface area contributed by atoms with Gasteiger partial charge in [0.1, 0.15) is 5.78 Å². The highest BCUT2D eigenvalue weighted by atomic mass is 32.2. The molecule has 12 heavy (non-hydrogen) atoms. The van der Waals surface area contributed by atoms with Crippen LogP contribution < -0.4 is 0 Å². The van der Waals surface area contributed by atoms with Crippen LogP contribution in [0.15, 0.2) is 0 Å². The van der Waals surface area contributed by atoms with Gasteiger partial charge in [-0.25, -0.2) is 4.79 Å². The smallest absolute Gasteiger partial charge is 0.298 e. The second-order valence-electron chi connectivity index (χ2n) is 2.91. The fourth-order valence-electron chi connectivity index (χ4n) is 0.442. The minimum Gasteiger partial charge on any atom is -0.298 e. The van der Waals surface area contributed by atoms with E-state index in [2.05, 4.69) is 0 Å². The van der Waals surface area contributed by atoms with Crippen molar-refractivity contribution in [1.29, 1.82) is 0 Å². The van der Waals surface area contributed by atoms with E-state index in [1.54, 1.807) is 13.8 Å². The molecule has 5 heteroatoms. The first-order valence-electron chi connectivity index (χ1n) is 3.40. The normalized spacial score (nSPS) is 11.1. The fourth-order valence-corrected chi connectivity index (χ4v) is 1.33. The molecule has 0 N–H and O–H groups in total. The fraction of sp³-hybridized carbons (Fsp3) is 0.714. The van der Waals surface area contributed by atoms with E-state index in [4.69, 9.17) is 0 Å². The lowest BCUT2D eigenvalue weighted by molar-refractivity contribution is -0.118. The number of halogens is 1. The number of carbonyl (C=O) groups is 2. The van der Waals surface area contributed by atoms with E-state index < -0.39 is 10.9 Å². The van der Waals surface area contributed by atoms with Gasteiger partial charge in [-0.05, 0) is 32.7 Å². The summed E-state index contributed by atoms with van der Waals surface area (Å²) in [5, 5.41) is 0. The minimum absolute atomic E-state index is 0.0967. The van der Waals surface area contributed by atoms with Crippen molar-refractivity contribution in [3.05, 3.63) is 0 Å². The Balaban J connectivity index is 4.24. The molecule has 0 aromatic heterocycles. The van der Waals surface area contributed by atoms with Gasteiger partial charge in [-0.1, -0.05) is 0 Å². The second kappa shape index (κ2) is 3.89. The van der Waals surface area contributed by atoms with E-state index in [9.17, 15) is 14.0 Å². The first-order valence-corrected chi connectivity index (χ1v) is 4.18. The lowest BCUT2D eigenvalue weighted by Crippen LogP contribution is -2.31. The summed E-state index contributed by atoms with van der Waals surface area (Å²) in [6, 6.07) is 0. The maximum atomic E-state index is 12.0. The number of nitrogens with zero attached hydrogens (tertiary/aromatic N) is 1. The molecule has 0 saturated heterocycles. The van der Waals surface area contributed by atoms with Crippen LogP contribution in [0, 0.1) is 0 Å². The van der Waals surface area contributed by atoms with Crippen molar-refractivity contribution in [2.24, 2.45) is 0 Å². The van der Waals surface area contributed by atoms with Crippen LogP contribution in [0.3, 0.4) is 0 Å². The third kappa shape index (κ3) is 3.21. The van der Waals surface area contributed by atoms with Gasteiger partial charge in [0.25, 0.3) is 0 Å². The molecule has 0 fully saturated rings. The Kier molecular flexibility index (Phi) is 3.70. The van der Waals surface area contributed by atoms with Crippen molar-refractivity contribution < 1.29 is 14.0 Å². The van der Waals surface area contributed by atoms with Gasteiger partial charge in [0.05, 0.1) is 4.75 Å². The highest BCUT2D eigenvalue weighted by Gasteiger charge is 2.28. The van der Waals surface area contributed by atoms with Crippen LogP contribution >= 0.6 is 11.9 Å². The summed E-state index contributed by atoms with van der Waals surface area (Å²) >= 11 is 0.877. The van der Waals surface area contributed by atoms with E-state index in [0.717, 1.165) is 16.3 Å². The lowest BCUT2D eigenvalue weighted by atomic mass is 10.1. The maximum Gasteiger partial charge on any atom is 0.409 e. The lowest BCUT2D eigenvalue weighted by Gasteiger charge is -2.24. The van der Waals surface area contributed by atoms with Crippen LogP contribution in [-0.2, 0) is 4.79 Å². The van der Waals surface area contributed by atoms with Gasteiger partial charge in [0, 0.05) is 7.05 Å². The number of ketones is 1. The number of carbonyl (C=O) groups excluding carboxylic acids is 2. The van der Waals surface area contributed by atoms with E-state index in [-0.39, 0.29) is 5.78 Å². The average Bonchev–Trinajstić information content (AvgIpc) is 1.85. The third-order valence-electron chi connectivity index (χ3n) is 1.46. The maximum absolute atomic E-state index is 12.0. The molecule has 70 valence electrons. The molecule has 0 aliphatic rings. The van der Waals surface area contributed by atoms with E-state index in [1.807, 2.05) is 0 Å². The molecular formula is C7H12FNO2S. The number of rotatable bonds is 3. The largest absolute Gasteiger partial charge is 0.409 e. The summed E-state index contributed by atoms with van der Waals surface area (Å²) in [5.74, 6) is -0.0967. The van der Waals surface area contributed by atoms with Gasteiger partial charge in [-0.15, -0.1) is 4.39 Å². The van der Waals surface area contributed by atoms with Crippen molar-refractivity contribution in [2.75, 3.05) is 7.05 Å². The topological polar surface area (TPSA) is 37.4 Å². The Morgan fingerprint density at radius 1 is 1.42 bits per heavy atom. The van der Waals surface area contributed by atoms with Crippen molar-refractivity contribution >= 4 is 23.9 Å². The monoisotopic (exact) mass is 193 g/mol. The van der Waals surface area contributed by atoms with Crippen LogP contribution in [0.4, 0.5) is 9.18 Å². The number of amides is 1. The Morgan fingerprint density at radius 3 is 2.08 bits per heavy atom. The summed E-state index contributed by atoms with van der Waals surface area (Å²) < 4.78 is 12.1. The van der Waals surface area contributed by atoms with Crippen LogP contribution in [0.1, 0.15) is 20.8 Å². The van der Waals surface area contributed by atoms with Gasteiger partial charge in [-0.2, -0.15) is 0 Å². The van der Waals surface area contributed by atoms with Gasteiger partial charge >= 0.3 is 6.16 Å². The summed E-state index contributed by atoms with van der Waals surface area (Å²) in [6.07, 6.45) is -1.55. The quantitative estimate of drug-likeness (QED) is 0.391. The highest BCUT2D eigenvalue weighted by Crippen LogP contribution is 2.28. The molecule has 0 aliphatic carbocycles. The molecular weight excluding hydrogens is 181 g/mol. The predicted molar refractivity (Wildman–Crippen MR) is 46.6 cm³/mol. The molecule has 0 radical (unpaired) electrons. The molecule has 0 rings (SSSR count). The Labute approximate surface area is 75.4 Å². The average molecular weight is 193 g/mol. The molecule has 0 atom stereocenters. The zero-order valence-electron chi connectivity index (χ0n) is 7.55. The van der Waals surface area contributed by atoms with Crippen molar-refractivity contribution in [3.8, 4) is 0 Å². The molecule has 0 bridgehead atoms. The van der Waals surface area contributed by atoms with Gasteiger partial charge in [-0.3, -0.25) is 9.10 Å². The number of Topliss-reactive ketones (excluding diaryl/α,β-unsaturated/α-hetero) is 1. The van der Waals surface area contributed by atoms with E-state index in [0.29, 0.717) is 0 Å². The van der Waals surface area contributed by atoms with Gasteiger partial charge < -0.3 is 0 Å². The number of hydrogen-bond donors (Lipinski definition) is 0. The predicted octanol–water partition coefficient (Wildman–Crippen LogP) is 2.02. The minimum atomic E-state index is -1.55. The number of hydrogen-bond acceptors (Lipinski definition) is 3. The van der Waals surface area contributed by atoms with Gasteiger partial charge in [0.15, 0.2) is 0 Å². The summed E-state index contributed by atoms with van der Waals surface area (Å²) in [5.41, 5.74) is 0. The standard InChI is InChI=1S/C7H12FNO2S/c1-5(10)7(2,3)12-9(4)6(8)11/h1-4H3. The molecule has 0 aromatic rings. The first kappa shape index (κ1) is 11.4. The van der Waals surface area contributed by atoms with Crippen molar-refractivity contribution in [2.45, 2.75) is 25.5 Å². The van der Waals surface area contributed by atoms with Crippen LogP contribution in [0.2, 0.25) is 0 Å². The molecule has 0 spiro atoms. The van der Waals surface area contributed by atoms with Crippen molar-refractivity contribution in [3.63, 3.8) is 0 Å². The van der Waals surface area contributed by atoms with Crippen LogP contribution in [-0.4, -0.2) is 28.0 Å². The molecule has 0 unspecified atom stereocenters. The summed E-state index contributed by atoms with van der Waals surface area (Å²) in [7, 11) is 1.29. The molecule has 0 saturated carbocycles. The molecule has 0 aromatic carbocycles. The molecule has 3 nitrogen and oxygen atoms in total. The Hall–Kier alpha value is -0.580. The molecule has 1 amide bonds.